The van der Waals surface area contributed by atoms with Gasteiger partial charge in [-0.1, -0.05) is 20.8 Å². The fraction of sp³-hybridized carbons (Fsp3) is 1.00. The van der Waals surface area contributed by atoms with Crippen LogP contribution in [0.3, 0.4) is 0 Å². The van der Waals surface area contributed by atoms with Crippen molar-refractivity contribution in [2.75, 3.05) is 33.3 Å². The maximum atomic E-state index is 5.54. The van der Waals surface area contributed by atoms with E-state index in [2.05, 4.69) is 31.0 Å². The van der Waals surface area contributed by atoms with Crippen LogP contribution in [0.4, 0.5) is 0 Å². The molecule has 1 heterocycles. The molecule has 0 aromatic heterocycles. The Labute approximate surface area is 106 Å². The predicted molar refractivity (Wildman–Crippen MR) is 71.2 cm³/mol. The van der Waals surface area contributed by atoms with Gasteiger partial charge in [0.1, 0.15) is 0 Å². The van der Waals surface area contributed by atoms with E-state index in [0.717, 1.165) is 18.5 Å². The van der Waals surface area contributed by atoms with Gasteiger partial charge in [0.25, 0.3) is 0 Å². The fourth-order valence-corrected chi connectivity index (χ4v) is 3.54. The van der Waals surface area contributed by atoms with Crippen molar-refractivity contribution >= 4 is 0 Å². The minimum absolute atomic E-state index is 0.335. The molecule has 1 saturated heterocycles. The van der Waals surface area contributed by atoms with Crippen molar-refractivity contribution in [1.82, 2.24) is 10.2 Å². The van der Waals surface area contributed by atoms with Crippen molar-refractivity contribution in [2.24, 2.45) is 11.3 Å². The molecule has 0 amide bonds. The summed E-state index contributed by atoms with van der Waals surface area (Å²) in [5.74, 6) is 0.854. The number of hydrogen-bond acceptors (Lipinski definition) is 3. The highest BCUT2D eigenvalue weighted by atomic mass is 16.5. The Morgan fingerprint density at radius 2 is 2.18 bits per heavy atom. The van der Waals surface area contributed by atoms with Gasteiger partial charge in [-0.05, 0) is 38.4 Å². The monoisotopic (exact) mass is 240 g/mol. The maximum Gasteiger partial charge on any atom is 0.0652 e. The molecule has 2 fully saturated rings. The molecule has 0 spiro atoms. The molecule has 17 heavy (non-hydrogen) atoms. The molecule has 1 aliphatic heterocycles. The molecule has 100 valence electrons. The third kappa shape index (κ3) is 2.51. The summed E-state index contributed by atoms with van der Waals surface area (Å²) in [5, 5.41) is 3.48. The molecule has 3 nitrogen and oxygen atoms in total. The highest BCUT2D eigenvalue weighted by molar-refractivity contribution is 5.05. The minimum atomic E-state index is 0.335. The van der Waals surface area contributed by atoms with Crippen LogP contribution >= 0.6 is 0 Å². The van der Waals surface area contributed by atoms with E-state index in [-0.39, 0.29) is 0 Å². The SMILES string of the molecule is CCNCC1CCN(C2CC(OC)C2(C)C)C1. The molecule has 3 heteroatoms. The maximum absolute atomic E-state index is 5.54. The third-order valence-electron chi connectivity index (χ3n) is 4.85. The number of nitrogens with one attached hydrogen (secondary N) is 1. The first-order valence-corrected chi connectivity index (χ1v) is 7.07. The van der Waals surface area contributed by atoms with E-state index in [9.17, 15) is 0 Å². The Morgan fingerprint density at radius 1 is 1.41 bits per heavy atom. The lowest BCUT2D eigenvalue weighted by Gasteiger charge is -2.54. The van der Waals surface area contributed by atoms with Gasteiger partial charge < -0.3 is 10.1 Å². The first-order chi connectivity index (χ1) is 8.09. The predicted octanol–water partition coefficient (Wildman–Crippen LogP) is 1.73. The van der Waals surface area contributed by atoms with Crippen LogP contribution in [0.5, 0.6) is 0 Å². The van der Waals surface area contributed by atoms with Crippen molar-refractivity contribution < 1.29 is 4.74 Å². The van der Waals surface area contributed by atoms with E-state index >= 15 is 0 Å². The first kappa shape index (κ1) is 13.3. The number of nitrogens with zero attached hydrogens (tertiary/aromatic N) is 1. The van der Waals surface area contributed by atoms with Gasteiger partial charge in [-0.2, -0.15) is 0 Å². The number of rotatable bonds is 5. The minimum Gasteiger partial charge on any atom is -0.381 e. The lowest BCUT2D eigenvalue weighted by Crippen LogP contribution is -2.61. The Hall–Kier alpha value is -0.120. The van der Waals surface area contributed by atoms with Gasteiger partial charge in [-0.3, -0.25) is 4.90 Å². The third-order valence-corrected chi connectivity index (χ3v) is 4.85. The van der Waals surface area contributed by atoms with Crippen LogP contribution in [0.1, 0.15) is 33.6 Å². The van der Waals surface area contributed by atoms with E-state index in [1.165, 1.54) is 32.5 Å². The summed E-state index contributed by atoms with van der Waals surface area (Å²) in [7, 11) is 1.85. The first-order valence-electron chi connectivity index (χ1n) is 7.07. The molecule has 0 bridgehead atoms. The van der Waals surface area contributed by atoms with E-state index in [1.54, 1.807) is 0 Å². The van der Waals surface area contributed by atoms with Crippen LogP contribution in [-0.4, -0.2) is 50.3 Å². The summed E-state index contributed by atoms with van der Waals surface area (Å²) in [6.45, 7) is 11.7. The van der Waals surface area contributed by atoms with Crippen LogP contribution < -0.4 is 5.32 Å². The zero-order valence-electron chi connectivity index (χ0n) is 11.8. The molecule has 3 atom stereocenters. The number of methoxy groups -OCH3 is 1. The topological polar surface area (TPSA) is 24.5 Å². The molecule has 2 rings (SSSR count). The summed E-state index contributed by atoms with van der Waals surface area (Å²) in [4.78, 5) is 2.69. The van der Waals surface area contributed by atoms with Crippen LogP contribution in [0.25, 0.3) is 0 Å². The highest BCUT2D eigenvalue weighted by Crippen LogP contribution is 2.46. The van der Waals surface area contributed by atoms with Crippen molar-refractivity contribution in [2.45, 2.75) is 45.8 Å². The molecule has 3 unspecified atom stereocenters. The Balaban J connectivity index is 1.82. The summed E-state index contributed by atoms with van der Waals surface area (Å²) >= 11 is 0. The van der Waals surface area contributed by atoms with Gasteiger partial charge in [0, 0.05) is 25.1 Å². The second-order valence-electron chi connectivity index (χ2n) is 6.25. The molecule has 0 radical (unpaired) electrons. The van der Waals surface area contributed by atoms with E-state index < -0.39 is 0 Å². The van der Waals surface area contributed by atoms with Crippen molar-refractivity contribution in [3.05, 3.63) is 0 Å². The normalized spacial score (nSPS) is 37.1. The average Bonchev–Trinajstić information content (AvgIpc) is 2.74. The quantitative estimate of drug-likeness (QED) is 0.792. The molecular formula is C14H28N2O. The van der Waals surface area contributed by atoms with Gasteiger partial charge in [0.15, 0.2) is 0 Å². The largest absolute Gasteiger partial charge is 0.381 e. The average molecular weight is 240 g/mol. The van der Waals surface area contributed by atoms with Gasteiger partial charge in [0.2, 0.25) is 0 Å². The van der Waals surface area contributed by atoms with Gasteiger partial charge in [-0.25, -0.2) is 0 Å². The van der Waals surface area contributed by atoms with E-state index in [1.807, 2.05) is 7.11 Å². The van der Waals surface area contributed by atoms with Crippen molar-refractivity contribution in [3.63, 3.8) is 0 Å². The molecule has 1 aliphatic carbocycles. The Bertz CT molecular complexity index is 255. The van der Waals surface area contributed by atoms with Crippen molar-refractivity contribution in [1.29, 1.82) is 0 Å². The molecule has 0 aromatic carbocycles. The standard InChI is InChI=1S/C14H28N2O/c1-5-15-9-11-6-7-16(10-11)12-8-13(17-4)14(12,2)3/h11-13,15H,5-10H2,1-4H3. The fourth-order valence-electron chi connectivity index (χ4n) is 3.54. The van der Waals surface area contributed by atoms with Crippen LogP contribution in [0.2, 0.25) is 0 Å². The van der Waals surface area contributed by atoms with Crippen LogP contribution in [0, 0.1) is 11.3 Å². The van der Waals surface area contributed by atoms with Crippen molar-refractivity contribution in [3.8, 4) is 0 Å². The van der Waals surface area contributed by atoms with E-state index in [0.29, 0.717) is 11.5 Å². The summed E-state index contributed by atoms with van der Waals surface area (Å²) < 4.78 is 5.54. The van der Waals surface area contributed by atoms with Gasteiger partial charge >= 0.3 is 0 Å². The summed E-state index contributed by atoms with van der Waals surface area (Å²) in [5.41, 5.74) is 0.335. The highest BCUT2D eigenvalue weighted by Gasteiger charge is 2.51. The second kappa shape index (κ2) is 5.25. The molecular weight excluding hydrogens is 212 g/mol. The Morgan fingerprint density at radius 3 is 2.76 bits per heavy atom. The van der Waals surface area contributed by atoms with E-state index in [4.69, 9.17) is 4.74 Å². The molecule has 1 N–H and O–H groups in total. The molecule has 0 aromatic rings. The van der Waals surface area contributed by atoms with Gasteiger partial charge in [0.05, 0.1) is 6.10 Å². The lowest BCUT2D eigenvalue weighted by atomic mass is 9.64. The second-order valence-corrected chi connectivity index (χ2v) is 6.25. The Kier molecular flexibility index (Phi) is 4.11. The summed E-state index contributed by atoms with van der Waals surface area (Å²) in [6.07, 6.45) is 3.04. The molecule has 2 aliphatic rings. The zero-order valence-corrected chi connectivity index (χ0v) is 11.8. The van der Waals surface area contributed by atoms with Gasteiger partial charge in [-0.15, -0.1) is 0 Å². The zero-order chi connectivity index (χ0) is 12.5. The lowest BCUT2D eigenvalue weighted by molar-refractivity contribution is -0.133. The number of hydrogen-bond donors (Lipinski definition) is 1. The van der Waals surface area contributed by atoms with Crippen LogP contribution in [0.15, 0.2) is 0 Å². The number of ether oxygens (including phenoxy) is 1. The molecule has 1 saturated carbocycles. The number of likely N-dealkylation sites (tertiary alicyclic amines) is 1. The van der Waals surface area contributed by atoms with Crippen LogP contribution in [-0.2, 0) is 4.74 Å². The summed E-state index contributed by atoms with van der Waals surface area (Å²) in [6, 6.07) is 0.735. The smallest absolute Gasteiger partial charge is 0.0652 e.